The predicted octanol–water partition coefficient (Wildman–Crippen LogP) is 22.4. The summed E-state index contributed by atoms with van der Waals surface area (Å²) in [5, 5.41) is 0. The largest absolute Gasteiger partial charge is 0.462 e. The van der Waals surface area contributed by atoms with Gasteiger partial charge in [-0.2, -0.15) is 0 Å². The molecule has 442 valence electrons. The van der Waals surface area contributed by atoms with Gasteiger partial charge in [-0.1, -0.05) is 298 Å². The van der Waals surface area contributed by atoms with Crippen LogP contribution in [0, 0.1) is 0 Å². The Morgan fingerprint density at radius 1 is 0.273 bits per heavy atom. The molecule has 1 atom stereocenters. The third-order valence-electron chi connectivity index (χ3n) is 14.1. The van der Waals surface area contributed by atoms with Gasteiger partial charge in [-0.15, -0.1) is 0 Å². The summed E-state index contributed by atoms with van der Waals surface area (Å²) in [6.45, 7) is 6.40. The predicted molar refractivity (Wildman–Crippen MR) is 334 cm³/mol. The van der Waals surface area contributed by atoms with Crippen LogP contribution in [0.4, 0.5) is 0 Å². The number of ether oxygens (including phenoxy) is 3. The minimum absolute atomic E-state index is 0.0833. The molecule has 0 heterocycles. The van der Waals surface area contributed by atoms with E-state index in [1.807, 2.05) is 0 Å². The van der Waals surface area contributed by atoms with Gasteiger partial charge in [-0.3, -0.25) is 14.4 Å². The van der Waals surface area contributed by atoms with Crippen molar-refractivity contribution in [2.24, 2.45) is 0 Å². The van der Waals surface area contributed by atoms with Crippen molar-refractivity contribution in [1.82, 2.24) is 0 Å². The molecule has 0 aromatic rings. The lowest BCUT2D eigenvalue weighted by molar-refractivity contribution is -0.167. The molecular weight excluding hydrogens is 949 g/mol. The normalized spacial score (nSPS) is 12.7. The van der Waals surface area contributed by atoms with E-state index in [1.165, 1.54) is 154 Å². The van der Waals surface area contributed by atoms with E-state index in [4.69, 9.17) is 14.2 Å². The SMILES string of the molecule is CC/C=C\C/C=C\C/C=C\C/C=C\CCCCCCCCCCCCCCCCCCCCCCC(=O)OCC(COC(=O)CCCCCCCCCCC)OC(=O)CCCCCC/C=C\C/C=C\C/C=C\C/C=C\CC. The minimum Gasteiger partial charge on any atom is -0.462 e. The standard InChI is InChI=1S/C71H122O6/c1-4-7-10-13-16-19-21-23-25-27-28-29-30-31-32-33-34-35-36-37-38-39-40-41-42-44-45-47-49-52-55-58-61-64-70(73)76-67-68(66-75-69(72)63-60-57-54-51-18-15-12-9-6-3)77-71(74)65-62-59-56-53-50-48-46-43-26-24-22-20-17-14-11-8-5-2/h7-8,10-11,16-17,19-20,23-26,28-29,46,48,68H,4-6,9,12-15,18,21-22,27,30-45,47,49-67H2,1-3H3/b10-7-,11-8-,19-16-,20-17-,25-23-,26-24-,29-28-,48-46-. The van der Waals surface area contributed by atoms with Crippen molar-refractivity contribution in [3.8, 4) is 0 Å². The van der Waals surface area contributed by atoms with E-state index >= 15 is 0 Å². The molecule has 77 heavy (non-hydrogen) atoms. The van der Waals surface area contributed by atoms with Gasteiger partial charge in [0.25, 0.3) is 0 Å². The van der Waals surface area contributed by atoms with Crippen LogP contribution in [0.2, 0.25) is 0 Å². The van der Waals surface area contributed by atoms with Gasteiger partial charge < -0.3 is 14.2 Å². The zero-order chi connectivity index (χ0) is 55.7. The molecule has 0 N–H and O–H groups in total. The second-order valence-corrected chi connectivity index (χ2v) is 21.6. The summed E-state index contributed by atoms with van der Waals surface area (Å²) in [6, 6.07) is 0. The molecule has 1 unspecified atom stereocenters. The van der Waals surface area contributed by atoms with E-state index in [9.17, 15) is 14.4 Å². The first kappa shape index (κ1) is 73.3. The van der Waals surface area contributed by atoms with Crippen molar-refractivity contribution in [2.45, 2.75) is 322 Å². The van der Waals surface area contributed by atoms with Gasteiger partial charge in [0.15, 0.2) is 6.10 Å². The maximum Gasteiger partial charge on any atom is 0.306 e. The third kappa shape index (κ3) is 63.0. The van der Waals surface area contributed by atoms with Crippen LogP contribution in [0.25, 0.3) is 0 Å². The fourth-order valence-corrected chi connectivity index (χ4v) is 9.25. The van der Waals surface area contributed by atoms with Crippen molar-refractivity contribution in [3.05, 3.63) is 97.2 Å². The molecule has 0 aliphatic heterocycles. The average Bonchev–Trinajstić information content (AvgIpc) is 3.43. The summed E-state index contributed by atoms with van der Waals surface area (Å²) < 4.78 is 16.9. The van der Waals surface area contributed by atoms with Crippen molar-refractivity contribution in [3.63, 3.8) is 0 Å². The van der Waals surface area contributed by atoms with Crippen molar-refractivity contribution >= 4 is 17.9 Å². The van der Waals surface area contributed by atoms with E-state index in [0.29, 0.717) is 19.3 Å². The highest BCUT2D eigenvalue weighted by atomic mass is 16.6. The number of hydrogen-bond donors (Lipinski definition) is 0. The van der Waals surface area contributed by atoms with Crippen LogP contribution < -0.4 is 0 Å². The quantitative estimate of drug-likeness (QED) is 0.0261. The van der Waals surface area contributed by atoms with E-state index in [1.54, 1.807) is 0 Å². The van der Waals surface area contributed by atoms with Crippen LogP contribution in [0.1, 0.15) is 316 Å². The Labute approximate surface area is 477 Å². The molecule has 6 nitrogen and oxygen atoms in total. The Balaban J connectivity index is 4.09. The third-order valence-corrected chi connectivity index (χ3v) is 14.1. The van der Waals surface area contributed by atoms with Crippen LogP contribution in [-0.4, -0.2) is 37.2 Å². The molecule has 0 saturated carbocycles. The summed E-state index contributed by atoms with van der Waals surface area (Å²) in [4.78, 5) is 38.1. The van der Waals surface area contributed by atoms with E-state index < -0.39 is 6.10 Å². The van der Waals surface area contributed by atoms with Crippen LogP contribution in [0.5, 0.6) is 0 Å². The molecular formula is C71H122O6. The van der Waals surface area contributed by atoms with Gasteiger partial charge in [0.1, 0.15) is 13.2 Å². The topological polar surface area (TPSA) is 78.9 Å². The first-order chi connectivity index (χ1) is 38.0. The number of allylic oxidation sites excluding steroid dienone is 16. The van der Waals surface area contributed by atoms with Gasteiger partial charge in [0, 0.05) is 19.3 Å². The van der Waals surface area contributed by atoms with Crippen LogP contribution >= 0.6 is 0 Å². The number of carbonyl (C=O) groups is 3. The number of hydrogen-bond acceptors (Lipinski definition) is 6. The molecule has 0 radical (unpaired) electrons. The molecule has 0 aromatic carbocycles. The number of rotatable bonds is 59. The van der Waals surface area contributed by atoms with Crippen LogP contribution in [-0.2, 0) is 28.6 Å². The lowest BCUT2D eigenvalue weighted by Crippen LogP contribution is -2.30. The summed E-state index contributed by atoms with van der Waals surface area (Å²) in [5.41, 5.74) is 0. The molecule has 0 spiro atoms. The number of esters is 3. The lowest BCUT2D eigenvalue weighted by atomic mass is 10.0. The Hall–Kier alpha value is -3.67. The lowest BCUT2D eigenvalue weighted by Gasteiger charge is -2.18. The zero-order valence-electron chi connectivity index (χ0n) is 50.7. The fraction of sp³-hybridized carbons (Fsp3) is 0.732. The second-order valence-electron chi connectivity index (χ2n) is 21.6. The summed E-state index contributed by atoms with van der Waals surface area (Å²) in [6.07, 6.45) is 87.3. The van der Waals surface area contributed by atoms with Crippen molar-refractivity contribution in [1.29, 1.82) is 0 Å². The van der Waals surface area contributed by atoms with Crippen LogP contribution in [0.15, 0.2) is 97.2 Å². The van der Waals surface area contributed by atoms with Gasteiger partial charge in [0.05, 0.1) is 0 Å². The fourth-order valence-electron chi connectivity index (χ4n) is 9.25. The summed E-state index contributed by atoms with van der Waals surface area (Å²) in [5.74, 6) is -0.898. The first-order valence-corrected chi connectivity index (χ1v) is 32.7. The first-order valence-electron chi connectivity index (χ1n) is 32.7. The molecule has 0 aromatic heterocycles. The smallest absolute Gasteiger partial charge is 0.306 e. The molecule has 0 amide bonds. The minimum atomic E-state index is -0.787. The Morgan fingerprint density at radius 2 is 0.506 bits per heavy atom. The molecule has 0 saturated heterocycles. The summed E-state index contributed by atoms with van der Waals surface area (Å²) in [7, 11) is 0. The van der Waals surface area contributed by atoms with Gasteiger partial charge >= 0.3 is 17.9 Å². The Morgan fingerprint density at radius 3 is 0.792 bits per heavy atom. The maximum absolute atomic E-state index is 12.9. The van der Waals surface area contributed by atoms with E-state index in [2.05, 4.69) is 118 Å². The summed E-state index contributed by atoms with van der Waals surface area (Å²) >= 11 is 0. The van der Waals surface area contributed by atoms with Gasteiger partial charge in [-0.05, 0) is 96.3 Å². The molecule has 0 rings (SSSR count). The number of carbonyl (C=O) groups excluding carboxylic acids is 3. The molecule has 0 aliphatic rings. The molecule has 0 fully saturated rings. The highest BCUT2D eigenvalue weighted by Gasteiger charge is 2.19. The highest BCUT2D eigenvalue weighted by Crippen LogP contribution is 2.17. The molecule has 0 aliphatic carbocycles. The highest BCUT2D eigenvalue weighted by molar-refractivity contribution is 5.71. The van der Waals surface area contributed by atoms with Gasteiger partial charge in [0.2, 0.25) is 0 Å². The van der Waals surface area contributed by atoms with Gasteiger partial charge in [-0.25, -0.2) is 0 Å². The average molecular weight is 1070 g/mol. The van der Waals surface area contributed by atoms with E-state index in [0.717, 1.165) is 122 Å². The number of unbranched alkanes of at least 4 members (excludes halogenated alkanes) is 32. The van der Waals surface area contributed by atoms with Crippen LogP contribution in [0.3, 0.4) is 0 Å². The maximum atomic E-state index is 12.9. The monoisotopic (exact) mass is 1070 g/mol. The Kier molecular flexibility index (Phi) is 61.8. The van der Waals surface area contributed by atoms with E-state index in [-0.39, 0.29) is 31.1 Å². The van der Waals surface area contributed by atoms with Crippen molar-refractivity contribution in [2.75, 3.05) is 13.2 Å². The molecule has 0 bridgehead atoms. The molecule has 6 heteroatoms. The van der Waals surface area contributed by atoms with Crippen molar-refractivity contribution < 1.29 is 28.6 Å². The Bertz CT molecular complexity index is 1510. The zero-order valence-corrected chi connectivity index (χ0v) is 50.7. The second kappa shape index (κ2) is 64.9.